The summed E-state index contributed by atoms with van der Waals surface area (Å²) in [5, 5.41) is 0. The molecule has 0 aliphatic rings. The van der Waals surface area contributed by atoms with Gasteiger partial charge in [-0.3, -0.25) is 0 Å². The predicted octanol–water partition coefficient (Wildman–Crippen LogP) is 3.79. The van der Waals surface area contributed by atoms with Crippen LogP contribution in [0.4, 0.5) is 5.69 Å². The van der Waals surface area contributed by atoms with Gasteiger partial charge in [0.15, 0.2) is 0 Å². The molecule has 3 heteroatoms. The lowest BCUT2D eigenvalue weighted by atomic mass is 9.85. The number of anilines is 1. The van der Waals surface area contributed by atoms with Gasteiger partial charge in [-0.25, -0.2) is 4.98 Å². The van der Waals surface area contributed by atoms with Gasteiger partial charge >= 0.3 is 0 Å². The Hall–Kier alpha value is -2.55. The van der Waals surface area contributed by atoms with Gasteiger partial charge in [-0.2, -0.15) is 0 Å². The van der Waals surface area contributed by atoms with Crippen molar-refractivity contribution in [2.24, 2.45) is 0 Å². The van der Waals surface area contributed by atoms with Crippen molar-refractivity contribution in [1.29, 1.82) is 0 Å². The van der Waals surface area contributed by atoms with E-state index in [4.69, 9.17) is 5.73 Å². The number of hydrogen-bond donors (Lipinski definition) is 2. The summed E-state index contributed by atoms with van der Waals surface area (Å²) >= 11 is 0. The molecule has 106 valence electrons. The van der Waals surface area contributed by atoms with Crippen LogP contribution in [0.2, 0.25) is 0 Å². The van der Waals surface area contributed by atoms with Crippen molar-refractivity contribution in [2.45, 2.75) is 19.8 Å². The molecule has 0 spiro atoms. The third kappa shape index (κ3) is 2.55. The molecule has 1 atom stereocenters. The molecule has 0 radical (unpaired) electrons. The quantitative estimate of drug-likeness (QED) is 0.716. The first-order valence-electron chi connectivity index (χ1n) is 7.06. The van der Waals surface area contributed by atoms with Crippen LogP contribution in [0.15, 0.2) is 55.0 Å². The summed E-state index contributed by atoms with van der Waals surface area (Å²) in [4.78, 5) is 7.43. The molecule has 0 bridgehead atoms. The van der Waals surface area contributed by atoms with Gasteiger partial charge in [0.25, 0.3) is 0 Å². The zero-order chi connectivity index (χ0) is 14.8. The van der Waals surface area contributed by atoms with Gasteiger partial charge < -0.3 is 10.7 Å². The Bertz CT molecular complexity index is 745. The van der Waals surface area contributed by atoms with Crippen LogP contribution in [-0.2, 0) is 0 Å². The van der Waals surface area contributed by atoms with E-state index in [0.29, 0.717) is 0 Å². The van der Waals surface area contributed by atoms with Crippen LogP contribution < -0.4 is 5.73 Å². The number of benzene rings is 2. The third-order valence-electron chi connectivity index (χ3n) is 4.03. The van der Waals surface area contributed by atoms with Crippen LogP contribution in [0.1, 0.15) is 33.9 Å². The average Bonchev–Trinajstić information content (AvgIpc) is 2.98. The molecule has 0 aliphatic carbocycles. The second-order valence-electron chi connectivity index (χ2n) is 5.40. The highest BCUT2D eigenvalue weighted by Crippen LogP contribution is 2.34. The van der Waals surface area contributed by atoms with Crippen molar-refractivity contribution in [3.63, 3.8) is 0 Å². The lowest BCUT2D eigenvalue weighted by Crippen LogP contribution is -2.07. The Kier molecular flexibility index (Phi) is 3.48. The highest BCUT2D eigenvalue weighted by Gasteiger charge is 2.20. The molecule has 0 amide bonds. The third-order valence-corrected chi connectivity index (χ3v) is 4.03. The van der Waals surface area contributed by atoms with E-state index >= 15 is 0 Å². The molecule has 1 unspecified atom stereocenters. The van der Waals surface area contributed by atoms with E-state index in [2.05, 4.69) is 48.1 Å². The summed E-state index contributed by atoms with van der Waals surface area (Å²) in [6.07, 6.45) is 3.61. The van der Waals surface area contributed by atoms with Crippen molar-refractivity contribution in [3.05, 3.63) is 82.9 Å². The number of H-pyrrole nitrogens is 1. The summed E-state index contributed by atoms with van der Waals surface area (Å²) in [6.45, 7) is 4.31. The Balaban J connectivity index is 2.20. The van der Waals surface area contributed by atoms with Crippen LogP contribution in [0.25, 0.3) is 0 Å². The minimum Gasteiger partial charge on any atom is -0.399 e. The number of imidazole rings is 1. The van der Waals surface area contributed by atoms with Gasteiger partial charge in [0.1, 0.15) is 0 Å². The first kappa shape index (κ1) is 13.4. The maximum Gasteiger partial charge on any atom is 0.0922 e. The molecule has 2 aromatic carbocycles. The zero-order valence-corrected chi connectivity index (χ0v) is 12.3. The molecule has 0 aliphatic heterocycles. The Morgan fingerprint density at radius 2 is 1.90 bits per heavy atom. The van der Waals surface area contributed by atoms with Crippen molar-refractivity contribution in [2.75, 3.05) is 5.73 Å². The topological polar surface area (TPSA) is 54.7 Å². The number of nitrogens with zero attached hydrogens (tertiary/aromatic N) is 1. The summed E-state index contributed by atoms with van der Waals surface area (Å²) in [5.41, 5.74) is 12.9. The van der Waals surface area contributed by atoms with Gasteiger partial charge in [-0.15, -0.1) is 0 Å². The van der Waals surface area contributed by atoms with E-state index in [-0.39, 0.29) is 5.92 Å². The number of aryl methyl sites for hydroxylation is 1. The fourth-order valence-corrected chi connectivity index (χ4v) is 2.78. The number of aromatic amines is 1. The lowest BCUT2D eigenvalue weighted by Gasteiger charge is -2.20. The van der Waals surface area contributed by atoms with Gasteiger partial charge in [0.2, 0.25) is 0 Å². The number of aromatic nitrogens is 2. The molecule has 0 saturated heterocycles. The van der Waals surface area contributed by atoms with Crippen molar-refractivity contribution < 1.29 is 0 Å². The van der Waals surface area contributed by atoms with Crippen LogP contribution in [0.3, 0.4) is 0 Å². The molecule has 3 nitrogen and oxygen atoms in total. The van der Waals surface area contributed by atoms with E-state index in [0.717, 1.165) is 11.4 Å². The molecule has 0 fully saturated rings. The maximum absolute atomic E-state index is 5.97. The minimum absolute atomic E-state index is 0.121. The Morgan fingerprint density at radius 3 is 2.62 bits per heavy atom. The maximum atomic E-state index is 5.97. The molecule has 3 aromatic rings. The molecular weight excluding hydrogens is 258 g/mol. The minimum atomic E-state index is 0.121. The predicted molar refractivity (Wildman–Crippen MR) is 86.3 cm³/mol. The molecule has 1 aromatic heterocycles. The number of rotatable bonds is 3. The lowest BCUT2D eigenvalue weighted by molar-refractivity contribution is 0.918. The summed E-state index contributed by atoms with van der Waals surface area (Å²) in [5.74, 6) is 0.121. The zero-order valence-electron chi connectivity index (χ0n) is 12.3. The van der Waals surface area contributed by atoms with E-state index in [9.17, 15) is 0 Å². The first-order valence-corrected chi connectivity index (χ1v) is 7.06. The second kappa shape index (κ2) is 5.44. The molecule has 1 heterocycles. The Labute approximate surface area is 124 Å². The highest BCUT2D eigenvalue weighted by atomic mass is 14.9. The van der Waals surface area contributed by atoms with Crippen molar-refractivity contribution >= 4 is 5.69 Å². The van der Waals surface area contributed by atoms with Crippen LogP contribution in [-0.4, -0.2) is 9.97 Å². The number of nitrogens with one attached hydrogen (secondary N) is 1. The normalized spacial score (nSPS) is 12.3. The fourth-order valence-electron chi connectivity index (χ4n) is 2.78. The van der Waals surface area contributed by atoms with Gasteiger partial charge in [-0.1, -0.05) is 30.3 Å². The standard InChI is InChI=1S/C18H19N3/c1-12-5-3-8-16(13(12)2)18(17-10-20-11-21-17)14-6-4-7-15(19)9-14/h3-11,18H,19H2,1-2H3,(H,20,21). The molecular formula is C18H19N3. The summed E-state index contributed by atoms with van der Waals surface area (Å²) in [6, 6.07) is 14.5. The molecule has 21 heavy (non-hydrogen) atoms. The summed E-state index contributed by atoms with van der Waals surface area (Å²) in [7, 11) is 0. The van der Waals surface area contributed by atoms with Crippen LogP contribution in [0.5, 0.6) is 0 Å². The summed E-state index contributed by atoms with van der Waals surface area (Å²) < 4.78 is 0. The van der Waals surface area contributed by atoms with Gasteiger partial charge in [0.05, 0.1) is 12.2 Å². The Morgan fingerprint density at radius 1 is 1.10 bits per heavy atom. The number of hydrogen-bond acceptors (Lipinski definition) is 2. The van der Waals surface area contributed by atoms with Crippen molar-refractivity contribution in [3.8, 4) is 0 Å². The van der Waals surface area contributed by atoms with Gasteiger partial charge in [-0.05, 0) is 48.2 Å². The fraction of sp³-hybridized carbons (Fsp3) is 0.167. The monoisotopic (exact) mass is 277 g/mol. The molecule has 0 saturated carbocycles. The second-order valence-corrected chi connectivity index (χ2v) is 5.40. The smallest absolute Gasteiger partial charge is 0.0922 e. The number of nitrogens with two attached hydrogens (primary N) is 1. The van der Waals surface area contributed by atoms with E-state index in [1.54, 1.807) is 6.33 Å². The van der Waals surface area contributed by atoms with Crippen LogP contribution >= 0.6 is 0 Å². The van der Waals surface area contributed by atoms with Crippen molar-refractivity contribution in [1.82, 2.24) is 9.97 Å². The van der Waals surface area contributed by atoms with E-state index < -0.39 is 0 Å². The first-order chi connectivity index (χ1) is 10.2. The highest BCUT2D eigenvalue weighted by molar-refractivity contribution is 5.50. The van der Waals surface area contributed by atoms with E-state index in [1.165, 1.54) is 22.3 Å². The van der Waals surface area contributed by atoms with Crippen LogP contribution in [0, 0.1) is 13.8 Å². The van der Waals surface area contributed by atoms with E-state index in [1.807, 2.05) is 24.4 Å². The largest absolute Gasteiger partial charge is 0.399 e. The number of nitrogen functional groups attached to an aromatic ring is 1. The van der Waals surface area contributed by atoms with Gasteiger partial charge in [0, 0.05) is 17.6 Å². The SMILES string of the molecule is Cc1cccc(C(c2cccc(N)c2)c2cnc[nH]2)c1C. The average molecular weight is 277 g/mol. The molecule has 3 N–H and O–H groups in total. The molecule has 3 rings (SSSR count).